The van der Waals surface area contributed by atoms with Gasteiger partial charge in [0.05, 0.1) is 26.0 Å². The van der Waals surface area contributed by atoms with Crippen molar-refractivity contribution in [1.82, 2.24) is 0 Å². The van der Waals surface area contributed by atoms with Crippen molar-refractivity contribution >= 4 is 0 Å². The van der Waals surface area contributed by atoms with Crippen molar-refractivity contribution in [1.29, 1.82) is 0 Å². The number of quaternary nitrogens is 1. The summed E-state index contributed by atoms with van der Waals surface area (Å²) in [7, 11) is 0. The summed E-state index contributed by atoms with van der Waals surface area (Å²) < 4.78 is 16.8. The van der Waals surface area contributed by atoms with Gasteiger partial charge in [-0.2, -0.15) is 0 Å². The Kier molecular flexibility index (Phi) is 3.45. The molecule has 3 rings (SSSR count). The minimum atomic E-state index is -0.292. The molecule has 0 saturated carbocycles. The molecular weight excluding hydrogens is 218 g/mol. The van der Waals surface area contributed by atoms with E-state index in [0.717, 1.165) is 12.3 Å². The van der Waals surface area contributed by atoms with Gasteiger partial charge in [-0.05, 0) is 31.4 Å². The molecule has 0 radical (unpaired) electrons. The van der Waals surface area contributed by atoms with Crippen molar-refractivity contribution in [2.24, 2.45) is 0 Å². The fraction of sp³-hybridized carbons (Fsp3) is 0.692. The molecule has 4 nitrogen and oxygen atoms in total. The van der Waals surface area contributed by atoms with Crippen LogP contribution in [0.3, 0.4) is 0 Å². The fourth-order valence-corrected chi connectivity index (χ4v) is 2.71. The Balaban J connectivity index is 1.50. The number of piperidine rings is 1. The maximum atomic E-state index is 5.87. The van der Waals surface area contributed by atoms with Crippen LogP contribution in [0.25, 0.3) is 0 Å². The van der Waals surface area contributed by atoms with Gasteiger partial charge in [-0.15, -0.1) is 0 Å². The molecule has 2 saturated heterocycles. The quantitative estimate of drug-likeness (QED) is 0.844. The van der Waals surface area contributed by atoms with Crippen LogP contribution in [0.5, 0.6) is 0 Å². The Morgan fingerprint density at radius 2 is 2.12 bits per heavy atom. The van der Waals surface area contributed by atoms with E-state index >= 15 is 0 Å². The van der Waals surface area contributed by atoms with Crippen LogP contribution in [0.4, 0.5) is 0 Å². The zero-order valence-electron chi connectivity index (χ0n) is 10.1. The molecule has 0 bridgehead atoms. The Labute approximate surface area is 101 Å². The minimum Gasteiger partial charge on any atom is -0.464 e. The van der Waals surface area contributed by atoms with Crippen LogP contribution in [-0.4, -0.2) is 32.3 Å². The van der Waals surface area contributed by atoms with Gasteiger partial charge < -0.3 is 18.8 Å². The molecule has 1 aromatic rings. The third-order valence-corrected chi connectivity index (χ3v) is 3.60. The molecule has 17 heavy (non-hydrogen) atoms. The standard InChI is InChI=1S/C13H19NO3/c1-2-6-14(7-3-1)9-11-10-16-13(17-11)12-5-4-8-15-12/h4-5,8,11,13H,1-3,6-7,9-10H2/p+1/t11-,13-/m0/s1. The molecule has 94 valence electrons. The maximum absolute atomic E-state index is 5.87. The molecule has 2 atom stereocenters. The van der Waals surface area contributed by atoms with Gasteiger partial charge >= 0.3 is 0 Å². The van der Waals surface area contributed by atoms with Crippen molar-refractivity contribution in [2.75, 3.05) is 26.2 Å². The second-order valence-electron chi connectivity index (χ2n) is 4.95. The van der Waals surface area contributed by atoms with Gasteiger partial charge in [-0.25, -0.2) is 0 Å². The monoisotopic (exact) mass is 238 g/mol. The fourth-order valence-electron chi connectivity index (χ4n) is 2.71. The molecule has 0 aromatic carbocycles. The molecule has 0 amide bonds. The Morgan fingerprint density at radius 1 is 1.24 bits per heavy atom. The molecule has 0 unspecified atom stereocenters. The molecule has 1 aromatic heterocycles. The normalized spacial score (nSPS) is 30.8. The van der Waals surface area contributed by atoms with Gasteiger partial charge in [0, 0.05) is 0 Å². The molecule has 1 N–H and O–H groups in total. The molecule has 2 aliphatic heterocycles. The van der Waals surface area contributed by atoms with Crippen LogP contribution in [0.2, 0.25) is 0 Å². The topological polar surface area (TPSA) is 36.0 Å². The summed E-state index contributed by atoms with van der Waals surface area (Å²) in [5.41, 5.74) is 0. The Morgan fingerprint density at radius 3 is 2.88 bits per heavy atom. The van der Waals surface area contributed by atoms with E-state index in [0.29, 0.717) is 6.61 Å². The van der Waals surface area contributed by atoms with E-state index in [-0.39, 0.29) is 12.4 Å². The number of furan rings is 1. The predicted molar refractivity (Wildman–Crippen MR) is 61.7 cm³/mol. The average Bonchev–Trinajstić information content (AvgIpc) is 3.00. The lowest BCUT2D eigenvalue weighted by Crippen LogP contribution is -3.13. The first kappa shape index (κ1) is 11.3. The van der Waals surface area contributed by atoms with Gasteiger partial charge in [0.15, 0.2) is 5.76 Å². The average molecular weight is 238 g/mol. The highest BCUT2D eigenvalue weighted by molar-refractivity contribution is 5.00. The molecule has 0 spiro atoms. The van der Waals surface area contributed by atoms with Crippen LogP contribution in [0.1, 0.15) is 31.3 Å². The lowest BCUT2D eigenvalue weighted by atomic mass is 10.1. The van der Waals surface area contributed by atoms with E-state index in [4.69, 9.17) is 13.9 Å². The number of nitrogens with one attached hydrogen (secondary N) is 1. The second-order valence-corrected chi connectivity index (χ2v) is 4.95. The van der Waals surface area contributed by atoms with E-state index in [1.807, 2.05) is 12.1 Å². The summed E-state index contributed by atoms with van der Waals surface area (Å²) in [6, 6.07) is 3.77. The molecule has 2 aliphatic rings. The first-order valence-corrected chi connectivity index (χ1v) is 6.56. The molecule has 2 fully saturated rings. The third kappa shape index (κ3) is 2.70. The van der Waals surface area contributed by atoms with E-state index in [1.54, 1.807) is 11.2 Å². The summed E-state index contributed by atoms with van der Waals surface area (Å²) in [6.07, 6.45) is 5.68. The number of ether oxygens (including phenoxy) is 2. The Bertz CT molecular complexity index is 332. The first-order chi connectivity index (χ1) is 8.42. The number of hydrogen-bond acceptors (Lipinski definition) is 3. The minimum absolute atomic E-state index is 0.221. The van der Waals surface area contributed by atoms with Gasteiger partial charge in [0.1, 0.15) is 12.6 Å². The van der Waals surface area contributed by atoms with E-state index in [1.165, 1.54) is 32.4 Å². The zero-order valence-corrected chi connectivity index (χ0v) is 10.1. The molecule has 3 heterocycles. The lowest BCUT2D eigenvalue weighted by molar-refractivity contribution is -0.907. The SMILES string of the molecule is c1coc([C@H]2OC[C@H](C[NH+]3CCCCC3)O2)c1. The number of hydrogen-bond donors (Lipinski definition) is 1. The largest absolute Gasteiger partial charge is 0.464 e. The second kappa shape index (κ2) is 5.21. The highest BCUT2D eigenvalue weighted by atomic mass is 16.7. The maximum Gasteiger partial charge on any atom is 0.217 e. The molecule has 4 heteroatoms. The lowest BCUT2D eigenvalue weighted by Gasteiger charge is -2.25. The van der Waals surface area contributed by atoms with Crippen molar-refractivity contribution in [3.05, 3.63) is 24.2 Å². The first-order valence-electron chi connectivity index (χ1n) is 6.56. The van der Waals surface area contributed by atoms with Crippen molar-refractivity contribution in [3.63, 3.8) is 0 Å². The van der Waals surface area contributed by atoms with E-state index in [2.05, 4.69) is 0 Å². The van der Waals surface area contributed by atoms with Crippen LogP contribution in [-0.2, 0) is 9.47 Å². The Hall–Kier alpha value is -0.840. The zero-order chi connectivity index (χ0) is 11.5. The molecule has 0 aliphatic carbocycles. The number of rotatable bonds is 3. The van der Waals surface area contributed by atoms with Crippen molar-refractivity contribution in [3.8, 4) is 0 Å². The van der Waals surface area contributed by atoms with Crippen LogP contribution in [0.15, 0.2) is 22.8 Å². The van der Waals surface area contributed by atoms with Gasteiger partial charge in [0.25, 0.3) is 0 Å². The van der Waals surface area contributed by atoms with E-state index in [9.17, 15) is 0 Å². The smallest absolute Gasteiger partial charge is 0.217 e. The van der Waals surface area contributed by atoms with Crippen molar-refractivity contribution in [2.45, 2.75) is 31.7 Å². The third-order valence-electron chi connectivity index (χ3n) is 3.60. The summed E-state index contributed by atoms with van der Waals surface area (Å²) in [5.74, 6) is 0.779. The van der Waals surface area contributed by atoms with Crippen LogP contribution >= 0.6 is 0 Å². The van der Waals surface area contributed by atoms with Crippen LogP contribution in [0, 0.1) is 0 Å². The van der Waals surface area contributed by atoms with Gasteiger partial charge in [0.2, 0.25) is 6.29 Å². The predicted octanol–water partition coefficient (Wildman–Crippen LogP) is 0.762. The highest BCUT2D eigenvalue weighted by Crippen LogP contribution is 2.26. The van der Waals surface area contributed by atoms with Gasteiger partial charge in [-0.1, -0.05) is 0 Å². The highest BCUT2D eigenvalue weighted by Gasteiger charge is 2.32. The summed E-state index contributed by atoms with van der Waals surface area (Å²) in [4.78, 5) is 1.66. The summed E-state index contributed by atoms with van der Waals surface area (Å²) in [6.45, 7) is 4.32. The summed E-state index contributed by atoms with van der Waals surface area (Å²) >= 11 is 0. The summed E-state index contributed by atoms with van der Waals surface area (Å²) in [5, 5.41) is 0. The van der Waals surface area contributed by atoms with Gasteiger partial charge in [-0.3, -0.25) is 0 Å². The van der Waals surface area contributed by atoms with E-state index < -0.39 is 0 Å². The van der Waals surface area contributed by atoms with Crippen molar-refractivity contribution < 1.29 is 18.8 Å². The molecular formula is C13H20NO3+. The van der Waals surface area contributed by atoms with Crippen LogP contribution < -0.4 is 4.90 Å². The number of likely N-dealkylation sites (tertiary alicyclic amines) is 1.